The Bertz CT molecular complexity index is 141. The van der Waals surface area contributed by atoms with Crippen LogP contribution in [-0.4, -0.2) is 24.2 Å². The van der Waals surface area contributed by atoms with E-state index in [2.05, 4.69) is 5.32 Å². The fraction of sp³-hybridized carbons (Fsp3) is 0.917. The second kappa shape index (κ2) is 11.5. The molecule has 0 radical (unpaired) electrons. The molecule has 0 spiro atoms. The molecule has 0 saturated heterocycles. The summed E-state index contributed by atoms with van der Waals surface area (Å²) in [6.45, 7) is 8.00. The lowest BCUT2D eigenvalue weighted by atomic mass is 9.86. The van der Waals surface area contributed by atoms with Crippen LogP contribution in [0.1, 0.15) is 53.4 Å². The van der Waals surface area contributed by atoms with Crippen molar-refractivity contribution in [3.05, 3.63) is 0 Å². The lowest BCUT2D eigenvalue weighted by molar-refractivity contribution is -0.142. The highest BCUT2D eigenvalue weighted by Crippen LogP contribution is 2.23. The van der Waals surface area contributed by atoms with Crippen LogP contribution in [0.3, 0.4) is 0 Å². The van der Waals surface area contributed by atoms with Crippen LogP contribution in [0.4, 0.5) is 0 Å². The first-order valence-electron chi connectivity index (χ1n) is 6.14. The van der Waals surface area contributed by atoms with Gasteiger partial charge in [-0.3, -0.25) is 4.79 Å². The summed E-state index contributed by atoms with van der Waals surface area (Å²) in [5.41, 5.74) is 0. The summed E-state index contributed by atoms with van der Waals surface area (Å²) in [7, 11) is 1.94. The first kappa shape index (κ1) is 16.8. The minimum absolute atomic E-state index is 0.0837. The fourth-order valence-electron chi connectivity index (χ4n) is 1.63. The van der Waals surface area contributed by atoms with Crippen molar-refractivity contribution < 1.29 is 9.90 Å². The molecule has 0 bridgehead atoms. The predicted molar refractivity (Wildman–Crippen MR) is 65.1 cm³/mol. The van der Waals surface area contributed by atoms with Gasteiger partial charge in [-0.1, -0.05) is 27.7 Å². The van der Waals surface area contributed by atoms with Crippen LogP contribution in [-0.2, 0) is 4.79 Å². The number of carboxylic acids is 1. The van der Waals surface area contributed by atoms with E-state index in [1.165, 1.54) is 0 Å². The van der Waals surface area contributed by atoms with E-state index in [1.54, 1.807) is 0 Å². The second-order valence-electron chi connectivity index (χ2n) is 3.18. The summed E-state index contributed by atoms with van der Waals surface area (Å²) >= 11 is 0. The number of aliphatic carboxylic acids is 1. The van der Waals surface area contributed by atoms with Gasteiger partial charge in [-0.15, -0.1) is 0 Å². The van der Waals surface area contributed by atoms with E-state index in [1.807, 2.05) is 34.7 Å². The molecule has 15 heavy (non-hydrogen) atoms. The molecule has 0 heterocycles. The zero-order valence-corrected chi connectivity index (χ0v) is 10.8. The molecular formula is C12H27NO2. The van der Waals surface area contributed by atoms with E-state index in [9.17, 15) is 4.79 Å². The van der Waals surface area contributed by atoms with Gasteiger partial charge in [-0.25, -0.2) is 0 Å². The van der Waals surface area contributed by atoms with Crippen LogP contribution in [0, 0.1) is 5.92 Å². The van der Waals surface area contributed by atoms with Crippen molar-refractivity contribution in [3.8, 4) is 0 Å². The number of hydrogen-bond donors (Lipinski definition) is 2. The van der Waals surface area contributed by atoms with Crippen molar-refractivity contribution in [2.75, 3.05) is 7.05 Å². The van der Waals surface area contributed by atoms with Crippen LogP contribution >= 0.6 is 0 Å². The maximum Gasteiger partial charge on any atom is 0.306 e. The van der Waals surface area contributed by atoms with Crippen LogP contribution in [0.2, 0.25) is 0 Å². The molecule has 0 aromatic rings. The lowest BCUT2D eigenvalue weighted by Crippen LogP contribution is -2.32. The summed E-state index contributed by atoms with van der Waals surface area (Å²) in [4.78, 5) is 10.5. The largest absolute Gasteiger partial charge is 0.481 e. The molecule has 0 aliphatic heterocycles. The number of hydrogen-bond acceptors (Lipinski definition) is 2. The summed E-state index contributed by atoms with van der Waals surface area (Å²) < 4.78 is 0. The molecule has 3 heteroatoms. The molecule has 2 N–H and O–H groups in total. The predicted octanol–water partition coefficient (Wildman–Crippen LogP) is 2.90. The minimum Gasteiger partial charge on any atom is -0.481 e. The van der Waals surface area contributed by atoms with E-state index in [-0.39, 0.29) is 5.92 Å². The molecule has 1 aliphatic rings. The third-order valence-corrected chi connectivity index (χ3v) is 2.48. The van der Waals surface area contributed by atoms with E-state index >= 15 is 0 Å². The Morgan fingerprint density at radius 2 is 1.47 bits per heavy atom. The zero-order valence-electron chi connectivity index (χ0n) is 10.8. The standard InChI is InChI=1S/C8H15NO2.2C2H6/c1-9-7-4-2-6(3-5-7)8(10)11;2*1-2/h6-7,9H,2-5H2,1H3,(H,10,11);2*1-2H3. The van der Waals surface area contributed by atoms with Gasteiger partial charge in [0.15, 0.2) is 0 Å². The second-order valence-corrected chi connectivity index (χ2v) is 3.18. The molecule has 1 rings (SSSR count). The van der Waals surface area contributed by atoms with Crippen LogP contribution in [0.5, 0.6) is 0 Å². The fourth-order valence-corrected chi connectivity index (χ4v) is 1.63. The van der Waals surface area contributed by atoms with Gasteiger partial charge in [0.25, 0.3) is 0 Å². The van der Waals surface area contributed by atoms with E-state index in [0.29, 0.717) is 6.04 Å². The van der Waals surface area contributed by atoms with Crippen molar-refractivity contribution in [2.24, 2.45) is 5.92 Å². The quantitative estimate of drug-likeness (QED) is 0.747. The highest BCUT2D eigenvalue weighted by Gasteiger charge is 2.24. The smallest absolute Gasteiger partial charge is 0.306 e. The maximum absolute atomic E-state index is 10.5. The lowest BCUT2D eigenvalue weighted by Gasteiger charge is -2.25. The van der Waals surface area contributed by atoms with Crippen molar-refractivity contribution in [1.29, 1.82) is 0 Å². The van der Waals surface area contributed by atoms with Crippen LogP contribution in [0.25, 0.3) is 0 Å². The van der Waals surface area contributed by atoms with Gasteiger partial charge < -0.3 is 10.4 Å². The van der Waals surface area contributed by atoms with E-state index in [4.69, 9.17) is 5.11 Å². The Kier molecular flexibility index (Phi) is 12.9. The van der Waals surface area contributed by atoms with Crippen LogP contribution < -0.4 is 5.32 Å². The first-order valence-corrected chi connectivity index (χ1v) is 6.14. The number of nitrogens with one attached hydrogen (secondary N) is 1. The van der Waals surface area contributed by atoms with Gasteiger partial charge in [0, 0.05) is 6.04 Å². The van der Waals surface area contributed by atoms with Gasteiger partial charge in [-0.2, -0.15) is 0 Å². The Morgan fingerprint density at radius 1 is 1.07 bits per heavy atom. The van der Waals surface area contributed by atoms with Crippen molar-refractivity contribution in [2.45, 2.75) is 59.4 Å². The first-order chi connectivity index (χ1) is 7.24. The van der Waals surface area contributed by atoms with Crippen LogP contribution in [0.15, 0.2) is 0 Å². The number of rotatable bonds is 2. The summed E-state index contributed by atoms with van der Waals surface area (Å²) in [6.07, 6.45) is 3.68. The molecule has 0 unspecified atom stereocenters. The molecular weight excluding hydrogens is 190 g/mol. The molecule has 0 aromatic carbocycles. The SMILES string of the molecule is CC.CC.CNC1CCC(C(=O)O)CC1. The highest BCUT2D eigenvalue weighted by molar-refractivity contribution is 5.70. The molecule has 0 aromatic heterocycles. The summed E-state index contributed by atoms with van der Waals surface area (Å²) in [5.74, 6) is -0.709. The third-order valence-electron chi connectivity index (χ3n) is 2.48. The van der Waals surface area contributed by atoms with E-state index < -0.39 is 5.97 Å². The minimum atomic E-state index is -0.625. The number of carboxylic acid groups (broad SMARTS) is 1. The summed E-state index contributed by atoms with van der Waals surface area (Å²) in [6, 6.07) is 0.547. The Labute approximate surface area is 94.3 Å². The molecule has 1 saturated carbocycles. The molecule has 92 valence electrons. The molecule has 0 amide bonds. The molecule has 3 nitrogen and oxygen atoms in total. The normalized spacial score (nSPS) is 24.1. The third kappa shape index (κ3) is 7.37. The van der Waals surface area contributed by atoms with Gasteiger partial charge in [0.05, 0.1) is 5.92 Å². The van der Waals surface area contributed by atoms with Crippen molar-refractivity contribution in [3.63, 3.8) is 0 Å². The molecule has 1 fully saturated rings. The Hall–Kier alpha value is -0.570. The van der Waals surface area contributed by atoms with Crippen molar-refractivity contribution in [1.82, 2.24) is 5.32 Å². The van der Waals surface area contributed by atoms with Gasteiger partial charge in [0.1, 0.15) is 0 Å². The van der Waals surface area contributed by atoms with E-state index in [0.717, 1.165) is 25.7 Å². The topological polar surface area (TPSA) is 49.3 Å². The van der Waals surface area contributed by atoms with Gasteiger partial charge in [-0.05, 0) is 32.7 Å². The average Bonchev–Trinajstić information content (AvgIpc) is 2.34. The maximum atomic E-state index is 10.5. The highest BCUT2D eigenvalue weighted by atomic mass is 16.4. The average molecular weight is 217 g/mol. The Balaban J connectivity index is 0. The number of carbonyl (C=O) groups is 1. The van der Waals surface area contributed by atoms with Gasteiger partial charge in [0.2, 0.25) is 0 Å². The monoisotopic (exact) mass is 217 g/mol. The zero-order chi connectivity index (χ0) is 12.3. The summed E-state index contributed by atoms with van der Waals surface area (Å²) in [5, 5.41) is 11.8. The molecule has 1 aliphatic carbocycles. The van der Waals surface area contributed by atoms with Crippen molar-refractivity contribution >= 4 is 5.97 Å². The Morgan fingerprint density at radius 3 is 1.73 bits per heavy atom. The van der Waals surface area contributed by atoms with Gasteiger partial charge >= 0.3 is 5.97 Å². The molecule has 0 atom stereocenters.